The summed E-state index contributed by atoms with van der Waals surface area (Å²) in [5.41, 5.74) is 4.72. The van der Waals surface area contributed by atoms with Crippen LogP contribution in [0, 0.1) is 0 Å². The molecule has 0 aliphatic carbocycles. The summed E-state index contributed by atoms with van der Waals surface area (Å²) in [5.74, 6) is -0.974. The molecule has 4 N–H and O–H groups in total. The zero-order chi connectivity index (χ0) is 10.5. The molecule has 0 rings (SSSR count). The zero-order valence-electron chi connectivity index (χ0n) is 7.36. The van der Waals surface area contributed by atoms with Gasteiger partial charge < -0.3 is 10.8 Å². The van der Waals surface area contributed by atoms with Crippen molar-refractivity contribution in [2.45, 2.75) is 19.4 Å². The minimum atomic E-state index is -3.38. The molecule has 0 aliphatic rings. The molecule has 0 aromatic carbocycles. The molecule has 0 aromatic heterocycles. The van der Waals surface area contributed by atoms with Crippen molar-refractivity contribution in [3.05, 3.63) is 0 Å². The normalized spacial score (nSPS) is 14.0. The third-order valence-corrected chi connectivity index (χ3v) is 2.85. The average molecular weight is 210 g/mol. The lowest BCUT2D eigenvalue weighted by molar-refractivity contribution is -0.125. The van der Waals surface area contributed by atoms with E-state index in [4.69, 9.17) is 10.8 Å². The van der Waals surface area contributed by atoms with Crippen LogP contribution in [-0.4, -0.2) is 37.8 Å². The second-order valence-electron chi connectivity index (χ2n) is 2.59. The highest BCUT2D eigenvalue weighted by molar-refractivity contribution is 7.89. The molecule has 1 unspecified atom stereocenters. The lowest BCUT2D eigenvalue weighted by atomic mass is 10.3. The Kier molecular flexibility index (Phi) is 4.89. The second kappa shape index (κ2) is 5.15. The van der Waals surface area contributed by atoms with Crippen LogP contribution in [0.25, 0.3) is 0 Å². The molecule has 0 aromatic rings. The van der Waals surface area contributed by atoms with Gasteiger partial charge in [-0.3, -0.25) is 4.79 Å². The van der Waals surface area contributed by atoms with Crippen molar-refractivity contribution in [3.63, 3.8) is 0 Å². The summed E-state index contributed by atoms with van der Waals surface area (Å²) in [5, 5.41) is 8.86. The molecule has 0 saturated carbocycles. The summed E-state index contributed by atoms with van der Waals surface area (Å²) in [7, 11) is -3.38. The maximum atomic E-state index is 11.0. The quantitative estimate of drug-likeness (QED) is 0.478. The highest BCUT2D eigenvalue weighted by Gasteiger charge is 2.15. The topological polar surface area (TPSA) is 109 Å². The molecular weight excluding hydrogens is 196 g/mol. The number of rotatable bonds is 6. The standard InChI is InChI=1S/C6H14N2O4S/c1-2-3-13(11,12)8-4-5(9)6(7)10/h5,8-9H,2-4H2,1H3,(H2,7,10). The summed E-state index contributed by atoms with van der Waals surface area (Å²) in [6.45, 7) is 1.35. The number of hydrogen-bond acceptors (Lipinski definition) is 4. The fourth-order valence-electron chi connectivity index (χ4n) is 0.647. The van der Waals surface area contributed by atoms with E-state index in [0.717, 1.165) is 0 Å². The van der Waals surface area contributed by atoms with Gasteiger partial charge in [-0.1, -0.05) is 6.92 Å². The first kappa shape index (κ1) is 12.3. The number of hydrogen-bond donors (Lipinski definition) is 3. The Morgan fingerprint density at radius 3 is 2.54 bits per heavy atom. The molecule has 0 saturated heterocycles. The van der Waals surface area contributed by atoms with E-state index < -0.39 is 22.0 Å². The molecule has 1 atom stereocenters. The van der Waals surface area contributed by atoms with Crippen molar-refractivity contribution >= 4 is 15.9 Å². The minimum Gasteiger partial charge on any atom is -0.382 e. The molecule has 7 heteroatoms. The number of aliphatic hydroxyl groups is 1. The molecule has 6 nitrogen and oxygen atoms in total. The van der Waals surface area contributed by atoms with Crippen molar-refractivity contribution in [1.82, 2.24) is 4.72 Å². The lowest BCUT2D eigenvalue weighted by Crippen LogP contribution is -2.40. The van der Waals surface area contributed by atoms with Gasteiger partial charge in [-0.15, -0.1) is 0 Å². The first-order valence-corrected chi connectivity index (χ1v) is 5.49. The van der Waals surface area contributed by atoms with Crippen molar-refractivity contribution in [3.8, 4) is 0 Å². The Morgan fingerprint density at radius 1 is 1.62 bits per heavy atom. The van der Waals surface area contributed by atoms with Gasteiger partial charge in [-0.05, 0) is 6.42 Å². The van der Waals surface area contributed by atoms with Crippen LogP contribution >= 0.6 is 0 Å². The average Bonchev–Trinajstić information content (AvgIpc) is 2.00. The minimum absolute atomic E-state index is 0.0293. The Bertz CT molecular complexity index is 262. The Hall–Kier alpha value is -0.660. The number of aliphatic hydroxyl groups excluding tert-OH is 1. The maximum absolute atomic E-state index is 11.0. The van der Waals surface area contributed by atoms with E-state index in [1.54, 1.807) is 6.92 Å². The molecule has 13 heavy (non-hydrogen) atoms. The third kappa shape index (κ3) is 5.56. The van der Waals surface area contributed by atoms with Gasteiger partial charge in [0.15, 0.2) is 0 Å². The van der Waals surface area contributed by atoms with Crippen LogP contribution in [0.4, 0.5) is 0 Å². The van der Waals surface area contributed by atoms with E-state index >= 15 is 0 Å². The SMILES string of the molecule is CCCS(=O)(=O)NCC(O)C(N)=O. The van der Waals surface area contributed by atoms with Crippen LogP contribution < -0.4 is 10.5 Å². The van der Waals surface area contributed by atoms with Crippen LogP contribution in [0.2, 0.25) is 0 Å². The summed E-state index contributed by atoms with van der Waals surface area (Å²) in [6.07, 6.45) is -0.992. The van der Waals surface area contributed by atoms with Crippen molar-refractivity contribution < 1.29 is 18.3 Å². The molecule has 0 fully saturated rings. The highest BCUT2D eigenvalue weighted by Crippen LogP contribution is 1.89. The van der Waals surface area contributed by atoms with E-state index in [0.29, 0.717) is 6.42 Å². The number of nitrogens with one attached hydrogen (secondary N) is 1. The van der Waals surface area contributed by atoms with Gasteiger partial charge in [0.05, 0.1) is 5.75 Å². The smallest absolute Gasteiger partial charge is 0.247 e. The number of nitrogens with two attached hydrogens (primary N) is 1. The molecular formula is C6H14N2O4S. The van der Waals surface area contributed by atoms with Gasteiger partial charge in [0.1, 0.15) is 6.10 Å². The number of carbonyl (C=O) groups is 1. The first-order chi connectivity index (χ1) is 5.89. The maximum Gasteiger partial charge on any atom is 0.247 e. The monoisotopic (exact) mass is 210 g/mol. The van der Waals surface area contributed by atoms with Crippen LogP contribution in [0.15, 0.2) is 0 Å². The predicted molar refractivity (Wildman–Crippen MR) is 47.3 cm³/mol. The number of carbonyl (C=O) groups excluding carboxylic acids is 1. The summed E-state index contributed by atoms with van der Waals surface area (Å²) < 4.78 is 24.0. The van der Waals surface area contributed by atoms with E-state index in [-0.39, 0.29) is 12.3 Å². The fourth-order valence-corrected chi connectivity index (χ4v) is 1.74. The third-order valence-electron chi connectivity index (χ3n) is 1.30. The van der Waals surface area contributed by atoms with Crippen molar-refractivity contribution in [2.75, 3.05) is 12.3 Å². The molecule has 0 aliphatic heterocycles. The number of primary amides is 1. The van der Waals surface area contributed by atoms with Crippen LogP contribution in [0.1, 0.15) is 13.3 Å². The Labute approximate surface area is 77.2 Å². The van der Waals surface area contributed by atoms with Crippen LogP contribution in [0.5, 0.6) is 0 Å². The molecule has 0 bridgehead atoms. The number of amides is 1. The first-order valence-electron chi connectivity index (χ1n) is 3.83. The molecule has 1 amide bonds. The van der Waals surface area contributed by atoms with Gasteiger partial charge in [-0.25, -0.2) is 13.1 Å². The predicted octanol–water partition coefficient (Wildman–Crippen LogP) is -1.84. The molecule has 78 valence electrons. The van der Waals surface area contributed by atoms with Gasteiger partial charge >= 0.3 is 0 Å². The molecule has 0 radical (unpaired) electrons. The zero-order valence-corrected chi connectivity index (χ0v) is 8.17. The highest BCUT2D eigenvalue weighted by atomic mass is 32.2. The van der Waals surface area contributed by atoms with Crippen LogP contribution in [-0.2, 0) is 14.8 Å². The van der Waals surface area contributed by atoms with Crippen molar-refractivity contribution in [1.29, 1.82) is 0 Å². The molecule has 0 heterocycles. The molecule has 0 spiro atoms. The summed E-state index contributed by atoms with van der Waals surface area (Å²) in [4.78, 5) is 10.3. The summed E-state index contributed by atoms with van der Waals surface area (Å²) in [6, 6.07) is 0. The second-order valence-corrected chi connectivity index (χ2v) is 4.51. The van der Waals surface area contributed by atoms with E-state index in [2.05, 4.69) is 4.72 Å². The van der Waals surface area contributed by atoms with E-state index in [1.807, 2.05) is 0 Å². The number of sulfonamides is 1. The summed E-state index contributed by atoms with van der Waals surface area (Å²) >= 11 is 0. The fraction of sp³-hybridized carbons (Fsp3) is 0.833. The Balaban J connectivity index is 3.95. The largest absolute Gasteiger partial charge is 0.382 e. The van der Waals surface area contributed by atoms with Crippen LogP contribution in [0.3, 0.4) is 0 Å². The van der Waals surface area contributed by atoms with Crippen molar-refractivity contribution in [2.24, 2.45) is 5.73 Å². The van der Waals surface area contributed by atoms with Gasteiger partial charge in [-0.2, -0.15) is 0 Å². The van der Waals surface area contributed by atoms with E-state index in [9.17, 15) is 13.2 Å². The Morgan fingerprint density at radius 2 is 2.15 bits per heavy atom. The van der Waals surface area contributed by atoms with E-state index in [1.165, 1.54) is 0 Å². The van der Waals surface area contributed by atoms with Gasteiger partial charge in [0.2, 0.25) is 15.9 Å². The lowest BCUT2D eigenvalue weighted by Gasteiger charge is -2.07. The van der Waals surface area contributed by atoms with Gasteiger partial charge in [0, 0.05) is 6.54 Å². The van der Waals surface area contributed by atoms with Gasteiger partial charge in [0.25, 0.3) is 0 Å².